The monoisotopic (exact) mass is 291 g/mol. The summed E-state index contributed by atoms with van der Waals surface area (Å²) < 4.78 is 0. The number of nitrogens with zero attached hydrogens (tertiary/aromatic N) is 2. The van der Waals surface area contributed by atoms with Gasteiger partial charge in [0, 0.05) is 32.0 Å². The van der Waals surface area contributed by atoms with Gasteiger partial charge in [-0.2, -0.15) is 0 Å². The van der Waals surface area contributed by atoms with Gasteiger partial charge >= 0.3 is 0 Å². The molecule has 0 spiro atoms. The number of likely N-dealkylation sites (N-methyl/N-ethyl adjacent to an activating group) is 1. The van der Waals surface area contributed by atoms with Crippen LogP contribution in [-0.2, 0) is 4.79 Å². The average Bonchev–Trinajstić information content (AvgIpc) is 3.22. The average molecular weight is 291 g/mol. The number of carbonyl (C=O) groups is 1. The molecule has 5 heteroatoms. The minimum absolute atomic E-state index is 0.0573. The van der Waals surface area contributed by atoms with Crippen LogP contribution in [0.15, 0.2) is 24.3 Å². The molecule has 2 N–H and O–H groups in total. The van der Waals surface area contributed by atoms with Crippen LogP contribution in [0.25, 0.3) is 0 Å². The first kappa shape index (κ1) is 15.8. The van der Waals surface area contributed by atoms with Crippen molar-refractivity contribution in [3.05, 3.63) is 24.3 Å². The molecule has 0 radical (unpaired) electrons. The third kappa shape index (κ3) is 5.02. The Kier molecular flexibility index (Phi) is 5.20. The largest absolute Gasteiger partial charge is 0.392 e. The van der Waals surface area contributed by atoms with E-state index in [9.17, 15) is 9.90 Å². The van der Waals surface area contributed by atoms with E-state index in [-0.39, 0.29) is 12.0 Å². The molecule has 5 nitrogen and oxygen atoms in total. The number of rotatable bonds is 7. The Morgan fingerprint density at radius 2 is 1.90 bits per heavy atom. The molecule has 1 aromatic carbocycles. The van der Waals surface area contributed by atoms with Crippen LogP contribution < -0.4 is 10.2 Å². The first-order chi connectivity index (χ1) is 9.95. The molecule has 0 heterocycles. The van der Waals surface area contributed by atoms with Gasteiger partial charge in [-0.3, -0.25) is 9.69 Å². The number of aliphatic hydroxyl groups is 1. The second-order valence-electron chi connectivity index (χ2n) is 6.09. The lowest BCUT2D eigenvalue weighted by atomic mass is 10.2. The summed E-state index contributed by atoms with van der Waals surface area (Å²) in [5, 5.41) is 12.7. The number of hydrogen-bond donors (Lipinski definition) is 2. The van der Waals surface area contributed by atoms with E-state index in [0.717, 1.165) is 24.2 Å². The lowest BCUT2D eigenvalue weighted by Crippen LogP contribution is -2.36. The maximum absolute atomic E-state index is 12.0. The number of carbonyl (C=O) groups excluding carboxylic acids is 1. The van der Waals surface area contributed by atoms with Gasteiger partial charge in [-0.05, 0) is 50.1 Å². The maximum Gasteiger partial charge on any atom is 0.238 e. The topological polar surface area (TPSA) is 55.8 Å². The molecule has 1 saturated carbocycles. The van der Waals surface area contributed by atoms with E-state index < -0.39 is 0 Å². The normalized spacial score (nSPS) is 15.9. The molecular formula is C16H25N3O2. The zero-order chi connectivity index (χ0) is 15.4. The first-order valence-electron chi connectivity index (χ1n) is 7.39. The van der Waals surface area contributed by atoms with E-state index in [0.29, 0.717) is 19.0 Å². The number of hydrogen-bond acceptors (Lipinski definition) is 4. The van der Waals surface area contributed by atoms with E-state index in [1.165, 1.54) is 0 Å². The molecule has 0 aliphatic heterocycles. The summed E-state index contributed by atoms with van der Waals surface area (Å²) in [5.74, 6) is 0.382. The highest BCUT2D eigenvalue weighted by atomic mass is 16.3. The fourth-order valence-corrected chi connectivity index (χ4v) is 2.30. The number of amides is 1. The molecule has 1 fully saturated rings. The summed E-state index contributed by atoms with van der Waals surface area (Å²) in [7, 11) is 5.82. The van der Waals surface area contributed by atoms with Gasteiger partial charge in [0.25, 0.3) is 0 Å². The Morgan fingerprint density at radius 3 is 2.43 bits per heavy atom. The zero-order valence-electron chi connectivity index (χ0n) is 13.0. The lowest BCUT2D eigenvalue weighted by Gasteiger charge is -2.20. The second kappa shape index (κ2) is 6.91. The Balaban J connectivity index is 1.77. The minimum Gasteiger partial charge on any atom is -0.392 e. The van der Waals surface area contributed by atoms with Crippen LogP contribution in [0.3, 0.4) is 0 Å². The van der Waals surface area contributed by atoms with Crippen LogP contribution >= 0.6 is 0 Å². The van der Waals surface area contributed by atoms with Crippen LogP contribution in [0.5, 0.6) is 0 Å². The van der Waals surface area contributed by atoms with E-state index in [2.05, 4.69) is 5.32 Å². The van der Waals surface area contributed by atoms with E-state index in [1.807, 2.05) is 55.2 Å². The van der Waals surface area contributed by atoms with Crippen molar-refractivity contribution in [2.75, 3.05) is 44.4 Å². The highest BCUT2D eigenvalue weighted by molar-refractivity contribution is 5.92. The highest BCUT2D eigenvalue weighted by Gasteiger charge is 2.30. The SMILES string of the molecule is CN(CC(=O)Nc1ccc(N(C)C)cc1)CC(O)C1CC1. The van der Waals surface area contributed by atoms with Gasteiger partial charge in [-0.25, -0.2) is 0 Å². The fraction of sp³-hybridized carbons (Fsp3) is 0.562. The summed E-state index contributed by atoms with van der Waals surface area (Å²) in [6.45, 7) is 0.844. The number of anilines is 2. The van der Waals surface area contributed by atoms with Crippen LogP contribution in [0.1, 0.15) is 12.8 Å². The van der Waals surface area contributed by atoms with Crippen molar-refractivity contribution in [1.82, 2.24) is 4.90 Å². The minimum atomic E-state index is -0.304. The predicted molar refractivity (Wildman–Crippen MR) is 85.6 cm³/mol. The fourth-order valence-electron chi connectivity index (χ4n) is 2.30. The van der Waals surface area contributed by atoms with Gasteiger partial charge in [0.05, 0.1) is 12.6 Å². The van der Waals surface area contributed by atoms with Gasteiger partial charge in [-0.15, -0.1) is 0 Å². The standard InChI is InChI=1S/C16H25N3O2/c1-18(2)14-8-6-13(7-9-14)17-16(21)11-19(3)10-15(20)12-4-5-12/h6-9,12,15,20H,4-5,10-11H2,1-3H3,(H,17,21). The maximum atomic E-state index is 12.0. The molecule has 2 rings (SSSR count). The zero-order valence-corrected chi connectivity index (χ0v) is 13.0. The molecule has 21 heavy (non-hydrogen) atoms. The van der Waals surface area contributed by atoms with Crippen molar-refractivity contribution in [2.45, 2.75) is 18.9 Å². The molecule has 1 atom stereocenters. The van der Waals surface area contributed by atoms with Gasteiger partial charge in [-0.1, -0.05) is 0 Å². The molecule has 1 aromatic rings. The molecule has 1 aliphatic rings. The van der Waals surface area contributed by atoms with E-state index in [1.54, 1.807) is 0 Å². The van der Waals surface area contributed by atoms with E-state index in [4.69, 9.17) is 0 Å². The Morgan fingerprint density at radius 1 is 1.29 bits per heavy atom. The molecule has 1 amide bonds. The molecule has 0 aromatic heterocycles. The molecule has 0 bridgehead atoms. The van der Waals surface area contributed by atoms with Gasteiger partial charge in [0.15, 0.2) is 0 Å². The summed E-state index contributed by atoms with van der Waals surface area (Å²) in [6, 6.07) is 7.73. The number of aliphatic hydroxyl groups excluding tert-OH is 1. The van der Waals surface area contributed by atoms with Crippen LogP contribution in [0.4, 0.5) is 11.4 Å². The second-order valence-corrected chi connectivity index (χ2v) is 6.09. The van der Waals surface area contributed by atoms with Crippen LogP contribution in [0.2, 0.25) is 0 Å². The number of benzene rings is 1. The third-order valence-corrected chi connectivity index (χ3v) is 3.75. The Labute approximate surface area is 126 Å². The Hall–Kier alpha value is -1.59. The van der Waals surface area contributed by atoms with Crippen molar-refractivity contribution in [3.8, 4) is 0 Å². The van der Waals surface area contributed by atoms with Crippen molar-refractivity contribution in [1.29, 1.82) is 0 Å². The first-order valence-corrected chi connectivity index (χ1v) is 7.39. The molecule has 116 valence electrons. The molecule has 1 aliphatic carbocycles. The van der Waals surface area contributed by atoms with E-state index >= 15 is 0 Å². The summed E-state index contributed by atoms with van der Waals surface area (Å²) in [4.78, 5) is 15.8. The van der Waals surface area contributed by atoms with Crippen LogP contribution in [0, 0.1) is 5.92 Å². The summed E-state index contributed by atoms with van der Waals surface area (Å²) >= 11 is 0. The Bertz CT molecular complexity index is 469. The predicted octanol–water partition coefficient (Wildman–Crippen LogP) is 1.39. The quantitative estimate of drug-likeness (QED) is 0.797. The van der Waals surface area contributed by atoms with Crippen molar-refractivity contribution in [3.63, 3.8) is 0 Å². The van der Waals surface area contributed by atoms with Crippen molar-refractivity contribution >= 4 is 17.3 Å². The van der Waals surface area contributed by atoms with Gasteiger partial charge in [0.1, 0.15) is 0 Å². The van der Waals surface area contributed by atoms with Crippen molar-refractivity contribution in [2.24, 2.45) is 5.92 Å². The van der Waals surface area contributed by atoms with Crippen molar-refractivity contribution < 1.29 is 9.90 Å². The molecular weight excluding hydrogens is 266 g/mol. The lowest BCUT2D eigenvalue weighted by molar-refractivity contribution is -0.117. The van der Waals surface area contributed by atoms with Gasteiger partial charge < -0.3 is 15.3 Å². The van der Waals surface area contributed by atoms with Crippen LogP contribution in [-0.4, -0.2) is 56.3 Å². The summed E-state index contributed by atoms with van der Waals surface area (Å²) in [5.41, 5.74) is 1.89. The summed E-state index contributed by atoms with van der Waals surface area (Å²) in [6.07, 6.45) is 1.92. The highest BCUT2D eigenvalue weighted by Crippen LogP contribution is 2.32. The third-order valence-electron chi connectivity index (χ3n) is 3.75. The smallest absolute Gasteiger partial charge is 0.238 e. The number of nitrogens with one attached hydrogen (secondary N) is 1. The van der Waals surface area contributed by atoms with Gasteiger partial charge in [0.2, 0.25) is 5.91 Å². The molecule has 1 unspecified atom stereocenters. The molecule has 0 saturated heterocycles.